The molecular weight excluding hydrogens is 270 g/mol. The van der Waals surface area contributed by atoms with Gasteiger partial charge in [0.2, 0.25) is 0 Å². The molecule has 0 unspecified atom stereocenters. The molecular formula is C15H11ClF2O. The number of Topliss-reactive ketones (excluding diaryl/α,β-unsaturated/α-hetero) is 1. The van der Waals surface area contributed by atoms with Crippen LogP contribution in [0.15, 0.2) is 36.4 Å². The van der Waals surface area contributed by atoms with Crippen LogP contribution >= 0.6 is 11.6 Å². The van der Waals surface area contributed by atoms with Crippen LogP contribution in [0.2, 0.25) is 5.02 Å². The lowest BCUT2D eigenvalue weighted by molar-refractivity contribution is 0.0991. The molecule has 0 spiro atoms. The van der Waals surface area contributed by atoms with Crippen molar-refractivity contribution in [2.75, 3.05) is 0 Å². The molecule has 0 aliphatic carbocycles. The maximum absolute atomic E-state index is 13.6. The molecule has 0 N–H and O–H groups in total. The number of rotatable bonds is 3. The van der Waals surface area contributed by atoms with Gasteiger partial charge in [-0.1, -0.05) is 17.7 Å². The van der Waals surface area contributed by atoms with E-state index in [-0.39, 0.29) is 28.6 Å². The van der Waals surface area contributed by atoms with Gasteiger partial charge in [-0.2, -0.15) is 0 Å². The van der Waals surface area contributed by atoms with Crippen LogP contribution in [0.4, 0.5) is 8.78 Å². The van der Waals surface area contributed by atoms with E-state index in [1.54, 1.807) is 6.92 Å². The van der Waals surface area contributed by atoms with Gasteiger partial charge in [-0.15, -0.1) is 0 Å². The summed E-state index contributed by atoms with van der Waals surface area (Å²) in [5.74, 6) is -1.14. The Hall–Kier alpha value is -1.74. The highest BCUT2D eigenvalue weighted by molar-refractivity contribution is 6.30. The molecule has 1 nitrogen and oxygen atoms in total. The van der Waals surface area contributed by atoms with Gasteiger partial charge in [-0.25, -0.2) is 8.78 Å². The van der Waals surface area contributed by atoms with Crippen molar-refractivity contribution in [3.05, 3.63) is 69.7 Å². The molecule has 0 bridgehead atoms. The van der Waals surface area contributed by atoms with Crippen LogP contribution in [-0.2, 0) is 6.42 Å². The van der Waals surface area contributed by atoms with E-state index in [9.17, 15) is 13.6 Å². The molecule has 4 heteroatoms. The molecule has 0 aliphatic rings. The average Bonchev–Trinajstić information content (AvgIpc) is 2.36. The Morgan fingerprint density at radius 3 is 2.47 bits per heavy atom. The highest BCUT2D eigenvalue weighted by Gasteiger charge is 2.12. The Balaban J connectivity index is 2.23. The zero-order chi connectivity index (χ0) is 14.0. The minimum atomic E-state index is -0.514. The van der Waals surface area contributed by atoms with Gasteiger partial charge in [0.15, 0.2) is 5.78 Å². The standard InChI is InChI=1S/C15H11ClF2O/c1-9-6-11(3-5-13(9)17)15(19)7-10-2-4-12(16)8-14(10)18/h2-6,8H,7H2,1H3. The second-order valence-electron chi connectivity index (χ2n) is 4.30. The van der Waals surface area contributed by atoms with Gasteiger partial charge in [0, 0.05) is 17.0 Å². The largest absolute Gasteiger partial charge is 0.294 e. The van der Waals surface area contributed by atoms with E-state index in [1.165, 1.54) is 36.4 Å². The van der Waals surface area contributed by atoms with Gasteiger partial charge in [-0.05, 0) is 48.4 Å². The third-order valence-corrected chi connectivity index (χ3v) is 3.08. The Kier molecular flexibility index (Phi) is 3.96. The molecule has 19 heavy (non-hydrogen) atoms. The van der Waals surface area contributed by atoms with E-state index in [0.717, 1.165) is 0 Å². The van der Waals surface area contributed by atoms with Crippen LogP contribution in [-0.4, -0.2) is 5.78 Å². The Bertz CT molecular complexity index is 638. The molecule has 0 atom stereocenters. The van der Waals surface area contributed by atoms with Gasteiger partial charge >= 0.3 is 0 Å². The first kappa shape index (κ1) is 13.7. The first-order chi connectivity index (χ1) is 8.97. The van der Waals surface area contributed by atoms with Gasteiger partial charge in [-0.3, -0.25) is 4.79 Å². The van der Waals surface area contributed by atoms with Crippen molar-refractivity contribution in [3.63, 3.8) is 0 Å². The fraction of sp³-hybridized carbons (Fsp3) is 0.133. The van der Waals surface area contributed by atoms with Gasteiger partial charge < -0.3 is 0 Å². The minimum Gasteiger partial charge on any atom is -0.294 e. The first-order valence-corrected chi connectivity index (χ1v) is 6.08. The van der Waals surface area contributed by atoms with Crippen LogP contribution in [0.25, 0.3) is 0 Å². The molecule has 2 rings (SSSR count). The van der Waals surface area contributed by atoms with Crippen molar-refractivity contribution < 1.29 is 13.6 Å². The Morgan fingerprint density at radius 1 is 1.11 bits per heavy atom. The number of carbonyl (C=O) groups excluding carboxylic acids is 1. The SMILES string of the molecule is Cc1cc(C(=O)Cc2ccc(Cl)cc2F)ccc1F. The van der Waals surface area contributed by atoms with Crippen LogP contribution in [0.5, 0.6) is 0 Å². The predicted molar refractivity (Wildman–Crippen MR) is 70.6 cm³/mol. The van der Waals surface area contributed by atoms with Crippen LogP contribution in [0.1, 0.15) is 21.5 Å². The molecule has 0 fully saturated rings. The molecule has 2 aromatic rings. The maximum Gasteiger partial charge on any atom is 0.167 e. The summed E-state index contributed by atoms with van der Waals surface area (Å²) in [5.41, 5.74) is 1.03. The van der Waals surface area contributed by atoms with Crippen molar-refractivity contribution in [3.8, 4) is 0 Å². The Morgan fingerprint density at radius 2 is 1.84 bits per heavy atom. The minimum absolute atomic E-state index is 0.0753. The van der Waals surface area contributed by atoms with Crippen LogP contribution in [0, 0.1) is 18.6 Å². The lowest BCUT2D eigenvalue weighted by atomic mass is 10.0. The number of hydrogen-bond donors (Lipinski definition) is 0. The summed E-state index contributed by atoms with van der Waals surface area (Å²) in [7, 11) is 0. The molecule has 0 saturated heterocycles. The summed E-state index contributed by atoms with van der Waals surface area (Å²) in [6.07, 6.45) is -0.0753. The maximum atomic E-state index is 13.6. The number of aryl methyl sites for hydroxylation is 1. The van der Waals surface area contributed by atoms with Crippen molar-refractivity contribution in [2.45, 2.75) is 13.3 Å². The van der Waals surface area contributed by atoms with Crippen molar-refractivity contribution in [1.29, 1.82) is 0 Å². The third-order valence-electron chi connectivity index (χ3n) is 2.85. The molecule has 0 aliphatic heterocycles. The quantitative estimate of drug-likeness (QED) is 0.764. The molecule has 0 saturated carbocycles. The highest BCUT2D eigenvalue weighted by atomic mass is 35.5. The van der Waals surface area contributed by atoms with E-state index in [0.29, 0.717) is 11.1 Å². The number of ketones is 1. The van der Waals surface area contributed by atoms with Crippen molar-refractivity contribution in [2.24, 2.45) is 0 Å². The molecule has 0 heterocycles. The lowest BCUT2D eigenvalue weighted by Gasteiger charge is -2.05. The van der Waals surface area contributed by atoms with Gasteiger partial charge in [0.25, 0.3) is 0 Å². The number of benzene rings is 2. The van der Waals surface area contributed by atoms with Gasteiger partial charge in [0.05, 0.1) is 0 Å². The third kappa shape index (κ3) is 3.18. The number of halogens is 3. The van der Waals surface area contributed by atoms with E-state index >= 15 is 0 Å². The van der Waals surface area contributed by atoms with Crippen molar-refractivity contribution in [1.82, 2.24) is 0 Å². The Labute approximate surface area is 114 Å². The van der Waals surface area contributed by atoms with E-state index in [2.05, 4.69) is 0 Å². The summed E-state index contributed by atoms with van der Waals surface area (Å²) >= 11 is 5.64. The summed E-state index contributed by atoms with van der Waals surface area (Å²) in [6.45, 7) is 1.58. The average molecular weight is 281 g/mol. The first-order valence-electron chi connectivity index (χ1n) is 5.70. The zero-order valence-corrected chi connectivity index (χ0v) is 11.0. The summed E-state index contributed by atoms with van der Waals surface area (Å²) in [6, 6.07) is 8.28. The second-order valence-corrected chi connectivity index (χ2v) is 4.74. The van der Waals surface area contributed by atoms with Crippen molar-refractivity contribution >= 4 is 17.4 Å². The normalized spacial score (nSPS) is 10.5. The smallest absolute Gasteiger partial charge is 0.167 e. The zero-order valence-electron chi connectivity index (χ0n) is 10.2. The molecule has 0 aromatic heterocycles. The topological polar surface area (TPSA) is 17.1 Å². The van der Waals surface area contributed by atoms with E-state index in [1.807, 2.05) is 0 Å². The molecule has 0 radical (unpaired) electrons. The summed E-state index contributed by atoms with van der Waals surface area (Å²) in [4.78, 5) is 12.0. The number of hydrogen-bond acceptors (Lipinski definition) is 1. The molecule has 2 aromatic carbocycles. The number of carbonyl (C=O) groups is 1. The monoisotopic (exact) mass is 280 g/mol. The second kappa shape index (κ2) is 5.49. The van der Waals surface area contributed by atoms with Crippen LogP contribution in [0.3, 0.4) is 0 Å². The van der Waals surface area contributed by atoms with E-state index in [4.69, 9.17) is 11.6 Å². The lowest BCUT2D eigenvalue weighted by Crippen LogP contribution is -2.06. The predicted octanol–water partition coefficient (Wildman–Crippen LogP) is 4.35. The fourth-order valence-corrected chi connectivity index (χ4v) is 1.92. The summed E-state index contributed by atoms with van der Waals surface area (Å²) in [5, 5.41) is 0.284. The highest BCUT2D eigenvalue weighted by Crippen LogP contribution is 2.17. The summed E-state index contributed by atoms with van der Waals surface area (Å²) < 4.78 is 26.7. The van der Waals surface area contributed by atoms with E-state index < -0.39 is 5.82 Å². The molecule has 98 valence electrons. The van der Waals surface area contributed by atoms with Gasteiger partial charge in [0.1, 0.15) is 11.6 Å². The van der Waals surface area contributed by atoms with Crippen LogP contribution < -0.4 is 0 Å². The molecule has 0 amide bonds. The fourth-order valence-electron chi connectivity index (χ4n) is 1.76.